The van der Waals surface area contributed by atoms with E-state index in [2.05, 4.69) is 19.1 Å². The molecule has 0 saturated carbocycles. The molecule has 0 spiro atoms. The Bertz CT molecular complexity index is 677. The van der Waals surface area contributed by atoms with Gasteiger partial charge in [0.05, 0.1) is 12.2 Å². The van der Waals surface area contributed by atoms with Gasteiger partial charge in [-0.25, -0.2) is 4.79 Å². The molecule has 25 heavy (non-hydrogen) atoms. The quantitative estimate of drug-likeness (QED) is 0.368. The van der Waals surface area contributed by atoms with Gasteiger partial charge in [0.25, 0.3) is 0 Å². The zero-order valence-corrected chi connectivity index (χ0v) is 15.9. The van der Waals surface area contributed by atoms with Gasteiger partial charge in [-0.2, -0.15) is 0 Å². The van der Waals surface area contributed by atoms with Crippen molar-refractivity contribution in [2.75, 3.05) is 6.61 Å². The van der Waals surface area contributed by atoms with Crippen molar-refractivity contribution in [3.63, 3.8) is 0 Å². The van der Waals surface area contributed by atoms with Crippen LogP contribution in [0.3, 0.4) is 0 Å². The molecule has 0 atom stereocenters. The first-order valence-electron chi connectivity index (χ1n) is 9.21. The lowest BCUT2D eigenvalue weighted by molar-refractivity contribution is 0.0505. The van der Waals surface area contributed by atoms with E-state index in [1.165, 1.54) is 31.2 Å². The standard InChI is InChI=1S/C22H27ClO2/c1-3-5-6-7-8-18-11-14-20(16-21(18)23)17-9-12-19(13-10-17)22(24)25-15-4-2/h9-14,16H,3-8,15H2,1-2H3. The Kier molecular flexibility index (Phi) is 8.00. The molecule has 0 amide bonds. The maximum Gasteiger partial charge on any atom is 0.338 e. The fourth-order valence-electron chi connectivity index (χ4n) is 2.75. The van der Waals surface area contributed by atoms with Crippen LogP contribution in [0.5, 0.6) is 0 Å². The van der Waals surface area contributed by atoms with Gasteiger partial charge >= 0.3 is 5.97 Å². The normalized spacial score (nSPS) is 10.7. The Morgan fingerprint density at radius 3 is 2.28 bits per heavy atom. The molecule has 3 heteroatoms. The van der Waals surface area contributed by atoms with Crippen LogP contribution in [0.15, 0.2) is 42.5 Å². The van der Waals surface area contributed by atoms with Gasteiger partial charge in [-0.1, -0.05) is 69.0 Å². The van der Waals surface area contributed by atoms with Gasteiger partial charge in [0.15, 0.2) is 0 Å². The van der Waals surface area contributed by atoms with Crippen LogP contribution < -0.4 is 0 Å². The molecule has 0 unspecified atom stereocenters. The topological polar surface area (TPSA) is 26.3 Å². The lowest BCUT2D eigenvalue weighted by atomic mass is 10.00. The fraction of sp³-hybridized carbons (Fsp3) is 0.409. The first kappa shape index (κ1) is 19.5. The molecule has 2 aromatic carbocycles. The summed E-state index contributed by atoms with van der Waals surface area (Å²) in [5, 5.41) is 0.820. The number of halogens is 1. The molecule has 0 aliphatic carbocycles. The number of hydrogen-bond donors (Lipinski definition) is 0. The highest BCUT2D eigenvalue weighted by atomic mass is 35.5. The van der Waals surface area contributed by atoms with Gasteiger partial charge in [-0.3, -0.25) is 0 Å². The van der Waals surface area contributed by atoms with E-state index in [0.29, 0.717) is 12.2 Å². The molecule has 2 nitrogen and oxygen atoms in total. The largest absolute Gasteiger partial charge is 0.462 e. The van der Waals surface area contributed by atoms with Crippen molar-refractivity contribution in [1.82, 2.24) is 0 Å². The van der Waals surface area contributed by atoms with E-state index in [1.807, 2.05) is 25.1 Å². The molecule has 0 saturated heterocycles. The third-order valence-corrected chi connectivity index (χ3v) is 4.60. The first-order valence-corrected chi connectivity index (χ1v) is 9.59. The average molecular weight is 359 g/mol. The third-order valence-electron chi connectivity index (χ3n) is 4.24. The van der Waals surface area contributed by atoms with E-state index in [0.717, 1.165) is 29.0 Å². The Balaban J connectivity index is 2.03. The maximum atomic E-state index is 11.9. The second-order valence-electron chi connectivity index (χ2n) is 6.33. The fourth-order valence-corrected chi connectivity index (χ4v) is 3.02. The van der Waals surface area contributed by atoms with Gasteiger partial charge in [0, 0.05) is 5.02 Å². The highest BCUT2D eigenvalue weighted by Crippen LogP contribution is 2.27. The number of hydrogen-bond acceptors (Lipinski definition) is 2. The molecule has 0 aromatic heterocycles. The van der Waals surface area contributed by atoms with E-state index in [-0.39, 0.29) is 5.97 Å². The van der Waals surface area contributed by atoms with Gasteiger partial charge in [-0.15, -0.1) is 0 Å². The monoisotopic (exact) mass is 358 g/mol. The molecule has 2 aromatic rings. The second kappa shape index (κ2) is 10.2. The number of unbranched alkanes of at least 4 members (excludes halogenated alkanes) is 3. The summed E-state index contributed by atoms with van der Waals surface area (Å²) < 4.78 is 5.15. The number of esters is 1. The van der Waals surface area contributed by atoms with Crippen LogP contribution in [0.2, 0.25) is 5.02 Å². The van der Waals surface area contributed by atoms with E-state index in [1.54, 1.807) is 12.1 Å². The molecule has 0 aliphatic heterocycles. The minimum atomic E-state index is -0.270. The van der Waals surface area contributed by atoms with Gasteiger partial charge in [0.1, 0.15) is 0 Å². The van der Waals surface area contributed by atoms with E-state index < -0.39 is 0 Å². The zero-order chi connectivity index (χ0) is 18.1. The number of rotatable bonds is 9. The van der Waals surface area contributed by atoms with E-state index in [4.69, 9.17) is 16.3 Å². The van der Waals surface area contributed by atoms with Crippen molar-refractivity contribution >= 4 is 17.6 Å². The van der Waals surface area contributed by atoms with Crippen LogP contribution in [0, 0.1) is 0 Å². The summed E-state index contributed by atoms with van der Waals surface area (Å²) in [6, 6.07) is 13.7. The summed E-state index contributed by atoms with van der Waals surface area (Å²) in [7, 11) is 0. The zero-order valence-electron chi connectivity index (χ0n) is 15.2. The summed E-state index contributed by atoms with van der Waals surface area (Å²) in [4.78, 5) is 11.9. The molecule has 0 bridgehead atoms. The summed E-state index contributed by atoms with van der Waals surface area (Å²) in [5.41, 5.74) is 3.90. The summed E-state index contributed by atoms with van der Waals surface area (Å²) in [6.07, 6.45) is 6.82. The Labute approximate surface area is 156 Å². The van der Waals surface area contributed by atoms with Crippen LogP contribution in [0.25, 0.3) is 11.1 Å². The summed E-state index contributed by atoms with van der Waals surface area (Å²) in [6.45, 7) is 4.65. The molecule has 0 N–H and O–H groups in total. The molecular weight excluding hydrogens is 332 g/mol. The second-order valence-corrected chi connectivity index (χ2v) is 6.74. The van der Waals surface area contributed by atoms with Gasteiger partial charge in [0.2, 0.25) is 0 Å². The molecule has 0 aliphatic rings. The Morgan fingerprint density at radius 1 is 0.920 bits per heavy atom. The van der Waals surface area contributed by atoms with Gasteiger partial charge < -0.3 is 4.74 Å². The highest BCUT2D eigenvalue weighted by Gasteiger charge is 2.08. The number of carbonyl (C=O) groups excluding carboxylic acids is 1. The van der Waals surface area contributed by atoms with Crippen molar-refractivity contribution in [2.45, 2.75) is 52.4 Å². The molecule has 0 heterocycles. The molecular formula is C22H27ClO2. The van der Waals surface area contributed by atoms with E-state index in [9.17, 15) is 4.79 Å². The Morgan fingerprint density at radius 2 is 1.64 bits per heavy atom. The van der Waals surface area contributed by atoms with Crippen LogP contribution in [0.1, 0.15) is 61.9 Å². The summed E-state index contributed by atoms with van der Waals surface area (Å²) in [5.74, 6) is -0.270. The van der Waals surface area contributed by atoms with Crippen LogP contribution >= 0.6 is 11.6 Å². The number of aryl methyl sites for hydroxylation is 1. The number of benzene rings is 2. The smallest absolute Gasteiger partial charge is 0.338 e. The predicted molar refractivity (Wildman–Crippen MR) is 105 cm³/mol. The van der Waals surface area contributed by atoms with Crippen LogP contribution in [-0.2, 0) is 11.2 Å². The molecule has 2 rings (SSSR count). The maximum absolute atomic E-state index is 11.9. The minimum Gasteiger partial charge on any atom is -0.462 e. The van der Waals surface area contributed by atoms with Crippen molar-refractivity contribution in [1.29, 1.82) is 0 Å². The third kappa shape index (κ3) is 5.89. The van der Waals surface area contributed by atoms with Crippen molar-refractivity contribution < 1.29 is 9.53 Å². The highest BCUT2D eigenvalue weighted by molar-refractivity contribution is 6.31. The number of ether oxygens (including phenoxy) is 1. The summed E-state index contributed by atoms with van der Waals surface area (Å²) >= 11 is 6.46. The lowest BCUT2D eigenvalue weighted by Gasteiger charge is -2.09. The molecule has 134 valence electrons. The first-order chi connectivity index (χ1) is 12.2. The Hall–Kier alpha value is -1.80. The molecule has 0 radical (unpaired) electrons. The SMILES string of the molecule is CCCCCCc1ccc(-c2ccc(C(=O)OCCC)cc2)cc1Cl. The van der Waals surface area contributed by atoms with Crippen LogP contribution in [0.4, 0.5) is 0 Å². The number of carbonyl (C=O) groups is 1. The van der Waals surface area contributed by atoms with Gasteiger partial charge in [-0.05, 0) is 54.2 Å². The lowest BCUT2D eigenvalue weighted by Crippen LogP contribution is -2.05. The van der Waals surface area contributed by atoms with Crippen molar-refractivity contribution in [3.8, 4) is 11.1 Å². The molecule has 0 fully saturated rings. The predicted octanol–water partition coefficient (Wildman–Crippen LogP) is 6.70. The van der Waals surface area contributed by atoms with Crippen molar-refractivity contribution in [2.24, 2.45) is 0 Å². The van der Waals surface area contributed by atoms with Crippen LogP contribution in [-0.4, -0.2) is 12.6 Å². The minimum absolute atomic E-state index is 0.270. The van der Waals surface area contributed by atoms with Crippen molar-refractivity contribution in [3.05, 3.63) is 58.6 Å². The van der Waals surface area contributed by atoms with E-state index >= 15 is 0 Å². The average Bonchev–Trinajstić information content (AvgIpc) is 2.64.